The van der Waals surface area contributed by atoms with Crippen molar-refractivity contribution in [2.24, 2.45) is 5.73 Å². The Balaban J connectivity index is 1.98. The van der Waals surface area contributed by atoms with E-state index < -0.39 is 0 Å². The smallest absolute Gasteiger partial charge is 0.128 e. The first-order valence-corrected chi connectivity index (χ1v) is 7.14. The monoisotopic (exact) mass is 247 g/mol. The Morgan fingerprint density at radius 2 is 2.11 bits per heavy atom. The van der Waals surface area contributed by atoms with E-state index in [0.29, 0.717) is 6.04 Å². The van der Waals surface area contributed by atoms with E-state index in [9.17, 15) is 0 Å². The topological polar surface area (TPSA) is 42.1 Å². The average molecular weight is 247 g/mol. The van der Waals surface area contributed by atoms with Crippen molar-refractivity contribution in [1.82, 2.24) is 4.98 Å². The van der Waals surface area contributed by atoms with Crippen LogP contribution >= 0.6 is 0 Å². The van der Waals surface area contributed by atoms with Gasteiger partial charge in [-0.1, -0.05) is 25.8 Å². The van der Waals surface area contributed by atoms with E-state index in [4.69, 9.17) is 5.73 Å². The van der Waals surface area contributed by atoms with Crippen LogP contribution in [0.3, 0.4) is 0 Å². The van der Waals surface area contributed by atoms with Gasteiger partial charge in [-0.25, -0.2) is 4.98 Å². The third-order valence-electron chi connectivity index (χ3n) is 4.07. The zero-order valence-corrected chi connectivity index (χ0v) is 11.6. The van der Waals surface area contributed by atoms with Crippen LogP contribution < -0.4 is 10.6 Å². The number of nitrogens with zero attached hydrogens (tertiary/aromatic N) is 2. The summed E-state index contributed by atoms with van der Waals surface area (Å²) in [4.78, 5) is 6.91. The summed E-state index contributed by atoms with van der Waals surface area (Å²) in [6.45, 7) is 2.13. The molecule has 0 spiro atoms. The second-order valence-corrected chi connectivity index (χ2v) is 5.45. The predicted molar refractivity (Wildman–Crippen MR) is 76.9 cm³/mol. The Kier molecular flexibility index (Phi) is 4.59. The molecule has 2 N–H and O–H groups in total. The van der Waals surface area contributed by atoms with Crippen molar-refractivity contribution < 1.29 is 0 Å². The highest BCUT2D eigenvalue weighted by molar-refractivity contribution is 5.40. The maximum Gasteiger partial charge on any atom is 0.128 e. The van der Waals surface area contributed by atoms with Gasteiger partial charge in [-0.3, -0.25) is 0 Å². The largest absolute Gasteiger partial charge is 0.357 e. The summed E-state index contributed by atoms with van der Waals surface area (Å²) in [5.41, 5.74) is 7.21. The van der Waals surface area contributed by atoms with Gasteiger partial charge in [0.05, 0.1) is 0 Å². The molecule has 1 saturated carbocycles. The fourth-order valence-electron chi connectivity index (χ4n) is 2.67. The summed E-state index contributed by atoms with van der Waals surface area (Å²) in [7, 11) is 2.16. The summed E-state index contributed by atoms with van der Waals surface area (Å²) >= 11 is 0. The molecule has 1 atom stereocenters. The minimum Gasteiger partial charge on any atom is -0.357 e. The molecule has 0 aliphatic heterocycles. The van der Waals surface area contributed by atoms with E-state index in [0.717, 1.165) is 18.7 Å². The summed E-state index contributed by atoms with van der Waals surface area (Å²) in [5, 5.41) is 0. The van der Waals surface area contributed by atoms with Crippen molar-refractivity contribution in [1.29, 1.82) is 0 Å². The molecule has 0 radical (unpaired) electrons. The lowest BCUT2D eigenvalue weighted by molar-refractivity contribution is 0.638. The van der Waals surface area contributed by atoms with Gasteiger partial charge in [-0.05, 0) is 37.3 Å². The minimum atomic E-state index is 0.255. The number of hydrogen-bond acceptors (Lipinski definition) is 3. The fraction of sp³-hybridized carbons (Fsp3) is 0.667. The van der Waals surface area contributed by atoms with Crippen LogP contribution in [0.5, 0.6) is 0 Å². The van der Waals surface area contributed by atoms with Crippen LogP contribution in [0.1, 0.15) is 44.6 Å². The molecule has 3 nitrogen and oxygen atoms in total. The first-order chi connectivity index (χ1) is 8.70. The highest BCUT2D eigenvalue weighted by Crippen LogP contribution is 2.25. The van der Waals surface area contributed by atoms with Crippen LogP contribution in [-0.2, 0) is 6.42 Å². The second-order valence-electron chi connectivity index (χ2n) is 5.45. The van der Waals surface area contributed by atoms with Crippen molar-refractivity contribution in [3.05, 3.63) is 23.9 Å². The lowest BCUT2D eigenvalue weighted by atomic mass is 10.1. The van der Waals surface area contributed by atoms with Gasteiger partial charge in [0.1, 0.15) is 5.82 Å². The molecule has 1 fully saturated rings. The number of nitrogens with two attached hydrogens (primary N) is 1. The molecule has 0 saturated heterocycles. The molecule has 1 aromatic rings. The van der Waals surface area contributed by atoms with Crippen molar-refractivity contribution in [3.8, 4) is 0 Å². The van der Waals surface area contributed by atoms with Gasteiger partial charge in [-0.15, -0.1) is 0 Å². The zero-order valence-electron chi connectivity index (χ0n) is 11.6. The van der Waals surface area contributed by atoms with Crippen LogP contribution in [0, 0.1) is 0 Å². The van der Waals surface area contributed by atoms with Crippen molar-refractivity contribution >= 4 is 5.82 Å². The van der Waals surface area contributed by atoms with Gasteiger partial charge in [0, 0.05) is 25.3 Å². The molecule has 18 heavy (non-hydrogen) atoms. The Morgan fingerprint density at radius 3 is 2.67 bits per heavy atom. The molecule has 1 aliphatic carbocycles. The molecule has 1 aliphatic rings. The molecule has 100 valence electrons. The molecular formula is C15H25N3. The lowest BCUT2D eigenvalue weighted by Gasteiger charge is -2.25. The van der Waals surface area contributed by atoms with Crippen LogP contribution in [0.2, 0.25) is 0 Å². The normalized spacial score (nSPS) is 17.9. The Hall–Kier alpha value is -1.09. The van der Waals surface area contributed by atoms with Gasteiger partial charge in [0.15, 0.2) is 0 Å². The predicted octanol–water partition coefficient (Wildman–Crippen LogP) is 2.74. The number of rotatable bonds is 5. The van der Waals surface area contributed by atoms with Gasteiger partial charge in [0.2, 0.25) is 0 Å². The van der Waals surface area contributed by atoms with E-state index in [2.05, 4.69) is 36.0 Å². The van der Waals surface area contributed by atoms with Crippen molar-refractivity contribution in [2.45, 2.75) is 57.5 Å². The first kappa shape index (κ1) is 13.3. The summed E-state index contributed by atoms with van der Waals surface area (Å²) in [5.74, 6) is 1.09. The van der Waals surface area contributed by atoms with Crippen LogP contribution in [0.25, 0.3) is 0 Å². The molecule has 3 heteroatoms. The summed E-state index contributed by atoms with van der Waals surface area (Å²) < 4.78 is 0. The first-order valence-electron chi connectivity index (χ1n) is 7.14. The Labute approximate surface area is 110 Å². The minimum absolute atomic E-state index is 0.255. The van der Waals surface area contributed by atoms with E-state index in [-0.39, 0.29) is 6.04 Å². The van der Waals surface area contributed by atoms with Crippen LogP contribution in [0.15, 0.2) is 18.3 Å². The molecule has 2 rings (SSSR count). The third-order valence-corrected chi connectivity index (χ3v) is 4.07. The third kappa shape index (κ3) is 3.22. The quantitative estimate of drug-likeness (QED) is 0.870. The molecule has 0 bridgehead atoms. The number of anilines is 1. The maximum absolute atomic E-state index is 5.96. The lowest BCUT2D eigenvalue weighted by Crippen LogP contribution is -2.29. The molecule has 0 aromatic carbocycles. The number of hydrogen-bond donors (Lipinski definition) is 1. The van der Waals surface area contributed by atoms with Crippen LogP contribution in [0.4, 0.5) is 5.82 Å². The number of aromatic nitrogens is 1. The summed E-state index contributed by atoms with van der Waals surface area (Å²) in [6, 6.07) is 5.24. The van der Waals surface area contributed by atoms with Crippen LogP contribution in [-0.4, -0.2) is 24.1 Å². The highest BCUT2D eigenvalue weighted by Gasteiger charge is 2.20. The maximum atomic E-state index is 5.96. The summed E-state index contributed by atoms with van der Waals surface area (Å²) in [6.07, 6.45) is 9.26. The van der Waals surface area contributed by atoms with Gasteiger partial charge < -0.3 is 10.6 Å². The molecule has 1 aromatic heterocycles. The van der Waals surface area contributed by atoms with E-state index in [1.807, 2.05) is 6.20 Å². The van der Waals surface area contributed by atoms with Gasteiger partial charge >= 0.3 is 0 Å². The van der Waals surface area contributed by atoms with E-state index >= 15 is 0 Å². The van der Waals surface area contributed by atoms with E-state index in [1.54, 1.807) is 0 Å². The molecule has 1 unspecified atom stereocenters. The standard InChI is InChI=1S/C15H25N3/c1-3-13(16)10-12-8-9-15(17-11-12)18(2)14-6-4-5-7-14/h8-9,11,13-14H,3-7,10,16H2,1-2H3. The molecule has 1 heterocycles. The SMILES string of the molecule is CCC(N)Cc1ccc(N(C)C2CCCC2)nc1. The van der Waals surface area contributed by atoms with Gasteiger partial charge in [-0.2, -0.15) is 0 Å². The fourth-order valence-corrected chi connectivity index (χ4v) is 2.67. The van der Waals surface area contributed by atoms with Crippen molar-refractivity contribution in [2.75, 3.05) is 11.9 Å². The van der Waals surface area contributed by atoms with Gasteiger partial charge in [0.25, 0.3) is 0 Å². The second kappa shape index (κ2) is 6.19. The molecule has 0 amide bonds. The Morgan fingerprint density at radius 1 is 1.39 bits per heavy atom. The van der Waals surface area contributed by atoms with E-state index in [1.165, 1.54) is 31.2 Å². The highest BCUT2D eigenvalue weighted by atomic mass is 15.2. The molecular weight excluding hydrogens is 222 g/mol. The van der Waals surface area contributed by atoms with Crippen molar-refractivity contribution in [3.63, 3.8) is 0 Å². The zero-order chi connectivity index (χ0) is 13.0. The average Bonchev–Trinajstić information content (AvgIpc) is 2.92. The Bertz CT molecular complexity index is 355. The number of pyridine rings is 1.